The number of carbonyl (C=O) groups is 1. The van der Waals surface area contributed by atoms with Crippen molar-refractivity contribution in [1.82, 2.24) is 15.0 Å². The highest BCUT2D eigenvalue weighted by Gasteiger charge is 2.22. The maximum absolute atomic E-state index is 12.0. The van der Waals surface area contributed by atoms with Gasteiger partial charge in [-0.3, -0.25) is 4.79 Å². The first-order valence-corrected chi connectivity index (χ1v) is 7.81. The van der Waals surface area contributed by atoms with Crippen molar-refractivity contribution in [2.75, 3.05) is 24.6 Å². The van der Waals surface area contributed by atoms with Gasteiger partial charge in [-0.25, -0.2) is 0 Å². The van der Waals surface area contributed by atoms with Crippen LogP contribution in [-0.4, -0.2) is 45.5 Å². The highest BCUT2D eigenvalue weighted by Crippen LogP contribution is 2.19. The fourth-order valence-corrected chi connectivity index (χ4v) is 2.75. The molecule has 1 amide bonds. The maximum Gasteiger partial charge on any atom is 0.227 e. The summed E-state index contributed by atoms with van der Waals surface area (Å²) in [7, 11) is 0. The molecule has 0 unspecified atom stereocenters. The van der Waals surface area contributed by atoms with Crippen LogP contribution < -0.4 is 0 Å². The highest BCUT2D eigenvalue weighted by molar-refractivity contribution is 7.99. The minimum Gasteiger partial charge on any atom is -0.341 e. The van der Waals surface area contributed by atoms with E-state index in [1.807, 2.05) is 37.4 Å². The Bertz CT molecular complexity index is 433. The van der Waals surface area contributed by atoms with Gasteiger partial charge in [0.15, 0.2) is 5.82 Å². The van der Waals surface area contributed by atoms with Crippen LogP contribution in [-0.2, 0) is 16.6 Å². The lowest BCUT2D eigenvalue weighted by atomic mass is 9.96. The van der Waals surface area contributed by atoms with Crippen LogP contribution in [0.5, 0.6) is 0 Å². The van der Waals surface area contributed by atoms with Crippen LogP contribution in [0.25, 0.3) is 0 Å². The standard InChI is InChI=1S/C13H21N3O2S/c1-13(2,3)12-14-10(18-15-12)4-5-11(17)16-6-8-19-9-7-16/h4-9H2,1-3H3. The van der Waals surface area contributed by atoms with Crippen molar-refractivity contribution in [3.8, 4) is 0 Å². The molecule has 1 fully saturated rings. The number of thioether (sulfide) groups is 1. The summed E-state index contributed by atoms with van der Waals surface area (Å²) in [6, 6.07) is 0. The monoisotopic (exact) mass is 283 g/mol. The van der Waals surface area contributed by atoms with Crippen LogP contribution >= 0.6 is 11.8 Å². The van der Waals surface area contributed by atoms with E-state index in [1.54, 1.807) is 0 Å². The topological polar surface area (TPSA) is 59.2 Å². The lowest BCUT2D eigenvalue weighted by Crippen LogP contribution is -2.38. The number of carbonyl (C=O) groups excluding carboxylic acids is 1. The average molecular weight is 283 g/mol. The molecular weight excluding hydrogens is 262 g/mol. The van der Waals surface area contributed by atoms with E-state index in [2.05, 4.69) is 10.1 Å². The first-order chi connectivity index (χ1) is 8.97. The van der Waals surface area contributed by atoms with Crippen LogP contribution in [0.15, 0.2) is 4.52 Å². The Morgan fingerprint density at radius 3 is 2.63 bits per heavy atom. The van der Waals surface area contributed by atoms with E-state index in [9.17, 15) is 4.79 Å². The summed E-state index contributed by atoms with van der Waals surface area (Å²) in [6.07, 6.45) is 0.988. The number of hydrogen-bond acceptors (Lipinski definition) is 5. The number of nitrogens with zero attached hydrogens (tertiary/aromatic N) is 3. The Kier molecular flexibility index (Phi) is 4.50. The number of aromatic nitrogens is 2. The van der Waals surface area contributed by atoms with E-state index in [1.165, 1.54) is 0 Å². The zero-order valence-electron chi connectivity index (χ0n) is 11.8. The molecule has 2 heterocycles. The fourth-order valence-electron chi connectivity index (χ4n) is 1.85. The Morgan fingerprint density at radius 1 is 1.37 bits per heavy atom. The van der Waals surface area contributed by atoms with Crippen molar-refractivity contribution in [2.45, 2.75) is 39.0 Å². The Labute approximate surface area is 118 Å². The zero-order chi connectivity index (χ0) is 13.9. The molecule has 106 valence electrons. The van der Waals surface area contributed by atoms with Gasteiger partial charge in [0.1, 0.15) is 0 Å². The van der Waals surface area contributed by atoms with Gasteiger partial charge in [0.25, 0.3) is 0 Å². The van der Waals surface area contributed by atoms with E-state index in [0.717, 1.165) is 24.6 Å². The number of hydrogen-bond donors (Lipinski definition) is 0. The summed E-state index contributed by atoms with van der Waals surface area (Å²) in [4.78, 5) is 18.3. The molecule has 0 spiro atoms. The second-order valence-corrected chi connectivity index (χ2v) is 6.98. The minimum atomic E-state index is -0.115. The molecule has 5 nitrogen and oxygen atoms in total. The molecule has 2 rings (SSSR count). The van der Waals surface area contributed by atoms with E-state index in [-0.39, 0.29) is 11.3 Å². The van der Waals surface area contributed by atoms with E-state index in [4.69, 9.17) is 4.52 Å². The molecule has 19 heavy (non-hydrogen) atoms. The summed E-state index contributed by atoms with van der Waals surface area (Å²) in [5.41, 5.74) is -0.115. The maximum atomic E-state index is 12.0. The highest BCUT2D eigenvalue weighted by atomic mass is 32.2. The van der Waals surface area contributed by atoms with Gasteiger partial charge in [-0.05, 0) is 0 Å². The molecule has 1 aliphatic rings. The molecule has 0 bridgehead atoms. The minimum absolute atomic E-state index is 0.115. The predicted octanol–water partition coefficient (Wildman–Crippen LogP) is 1.88. The first-order valence-electron chi connectivity index (χ1n) is 6.65. The van der Waals surface area contributed by atoms with Crippen molar-refractivity contribution >= 4 is 17.7 Å². The average Bonchev–Trinajstić information content (AvgIpc) is 2.86. The van der Waals surface area contributed by atoms with Crippen molar-refractivity contribution in [1.29, 1.82) is 0 Å². The van der Waals surface area contributed by atoms with Crippen LogP contribution in [0.4, 0.5) is 0 Å². The molecule has 0 radical (unpaired) electrons. The Balaban J connectivity index is 1.85. The third-order valence-corrected chi connectivity index (χ3v) is 4.00. The summed E-state index contributed by atoms with van der Waals surface area (Å²) in [5, 5.41) is 3.96. The molecule has 0 aromatic carbocycles. The van der Waals surface area contributed by atoms with E-state index < -0.39 is 0 Å². The lowest BCUT2D eigenvalue weighted by Gasteiger charge is -2.26. The molecule has 1 aliphatic heterocycles. The second-order valence-electron chi connectivity index (χ2n) is 5.75. The van der Waals surface area contributed by atoms with Gasteiger partial charge in [-0.1, -0.05) is 25.9 Å². The third kappa shape index (κ3) is 3.96. The summed E-state index contributed by atoms with van der Waals surface area (Å²) in [6.45, 7) is 7.84. The summed E-state index contributed by atoms with van der Waals surface area (Å²) >= 11 is 1.90. The molecule has 0 aliphatic carbocycles. The van der Waals surface area contributed by atoms with Gasteiger partial charge >= 0.3 is 0 Å². The Hall–Kier alpha value is -1.04. The fraction of sp³-hybridized carbons (Fsp3) is 0.769. The smallest absolute Gasteiger partial charge is 0.227 e. The number of aryl methyl sites for hydroxylation is 1. The molecule has 1 saturated heterocycles. The van der Waals surface area contributed by atoms with Crippen LogP contribution in [0.1, 0.15) is 38.9 Å². The van der Waals surface area contributed by atoms with Gasteiger partial charge in [0.2, 0.25) is 11.8 Å². The second kappa shape index (κ2) is 5.94. The lowest BCUT2D eigenvalue weighted by molar-refractivity contribution is -0.130. The summed E-state index contributed by atoms with van der Waals surface area (Å²) < 4.78 is 5.19. The zero-order valence-corrected chi connectivity index (χ0v) is 12.6. The predicted molar refractivity (Wildman–Crippen MR) is 75.2 cm³/mol. The molecule has 0 saturated carbocycles. The van der Waals surface area contributed by atoms with Gasteiger partial charge in [0.05, 0.1) is 0 Å². The van der Waals surface area contributed by atoms with E-state index in [0.29, 0.717) is 24.6 Å². The normalized spacial score (nSPS) is 16.7. The molecule has 0 atom stereocenters. The molecular formula is C13H21N3O2S. The molecule has 1 aromatic heterocycles. The molecule has 6 heteroatoms. The van der Waals surface area contributed by atoms with Gasteiger partial charge in [0, 0.05) is 42.9 Å². The van der Waals surface area contributed by atoms with Gasteiger partial charge < -0.3 is 9.42 Å². The molecule has 1 aromatic rings. The van der Waals surface area contributed by atoms with Crippen LogP contribution in [0.2, 0.25) is 0 Å². The molecule has 0 N–H and O–H groups in total. The first kappa shape index (κ1) is 14.4. The third-order valence-electron chi connectivity index (χ3n) is 3.06. The van der Waals surface area contributed by atoms with Crippen molar-refractivity contribution in [3.63, 3.8) is 0 Å². The van der Waals surface area contributed by atoms with Crippen LogP contribution in [0, 0.1) is 0 Å². The van der Waals surface area contributed by atoms with Crippen LogP contribution in [0.3, 0.4) is 0 Å². The van der Waals surface area contributed by atoms with Gasteiger partial charge in [-0.15, -0.1) is 0 Å². The SMILES string of the molecule is CC(C)(C)c1noc(CCC(=O)N2CCSCC2)n1. The Morgan fingerprint density at radius 2 is 2.05 bits per heavy atom. The summed E-state index contributed by atoms with van der Waals surface area (Å²) in [5.74, 6) is 3.53. The largest absolute Gasteiger partial charge is 0.341 e. The van der Waals surface area contributed by atoms with Crippen molar-refractivity contribution in [3.05, 3.63) is 11.7 Å². The number of amides is 1. The van der Waals surface area contributed by atoms with Gasteiger partial charge in [-0.2, -0.15) is 16.7 Å². The van der Waals surface area contributed by atoms with Crippen molar-refractivity contribution in [2.24, 2.45) is 0 Å². The van der Waals surface area contributed by atoms with E-state index >= 15 is 0 Å². The number of rotatable bonds is 3. The quantitative estimate of drug-likeness (QED) is 0.847. The van der Waals surface area contributed by atoms with Crippen molar-refractivity contribution < 1.29 is 9.32 Å².